The van der Waals surface area contributed by atoms with Gasteiger partial charge >= 0.3 is 0 Å². The van der Waals surface area contributed by atoms with Crippen molar-refractivity contribution < 1.29 is 4.79 Å². The number of amides is 1. The lowest BCUT2D eigenvalue weighted by Gasteiger charge is -2.35. The molecule has 0 bridgehead atoms. The molecule has 2 aliphatic rings. The van der Waals surface area contributed by atoms with E-state index in [4.69, 9.17) is 18.0 Å². The van der Waals surface area contributed by atoms with Gasteiger partial charge < -0.3 is 11.1 Å². The van der Waals surface area contributed by atoms with Gasteiger partial charge in [0.1, 0.15) is 0 Å². The Morgan fingerprint density at radius 2 is 1.89 bits per heavy atom. The molecule has 2 saturated carbocycles. The van der Waals surface area contributed by atoms with Gasteiger partial charge in [0.2, 0.25) is 5.91 Å². The van der Waals surface area contributed by atoms with E-state index >= 15 is 0 Å². The summed E-state index contributed by atoms with van der Waals surface area (Å²) in [5.41, 5.74) is 5.31. The summed E-state index contributed by atoms with van der Waals surface area (Å²) in [7, 11) is 0. The van der Waals surface area contributed by atoms with Gasteiger partial charge in [0.25, 0.3) is 0 Å². The van der Waals surface area contributed by atoms with Crippen LogP contribution in [-0.4, -0.2) is 28.4 Å². The second-order valence-corrected chi connectivity index (χ2v) is 7.31. The van der Waals surface area contributed by atoms with E-state index < -0.39 is 5.41 Å². The zero-order valence-electron chi connectivity index (χ0n) is 11.6. The number of carbonyl (C=O) groups excluding carboxylic acids is 1. The lowest BCUT2D eigenvalue weighted by molar-refractivity contribution is -0.128. The predicted octanol–water partition coefficient (Wildman–Crippen LogP) is 2.62. The fraction of sp³-hybridized carbons (Fsp3) is 0.857. The number of thioether (sulfide) groups is 1. The standard InChI is InChI=1S/C14H24N2OS2/c1-19-11-7-3-2-6-10(11)16-13(17)14(12(15)18)8-4-5-9-14/h10-11H,2-9H2,1H3,(H2,15,18)(H,16,17). The molecule has 19 heavy (non-hydrogen) atoms. The van der Waals surface area contributed by atoms with Crippen molar-refractivity contribution in [1.29, 1.82) is 0 Å². The first-order valence-electron chi connectivity index (χ1n) is 7.24. The Labute approximate surface area is 125 Å². The fourth-order valence-electron chi connectivity index (χ4n) is 3.41. The second-order valence-electron chi connectivity index (χ2n) is 5.79. The summed E-state index contributed by atoms with van der Waals surface area (Å²) in [6, 6.07) is 0.295. The summed E-state index contributed by atoms with van der Waals surface area (Å²) >= 11 is 7.05. The van der Waals surface area contributed by atoms with Crippen LogP contribution in [0.2, 0.25) is 0 Å². The van der Waals surface area contributed by atoms with Crippen LogP contribution in [0.3, 0.4) is 0 Å². The molecule has 1 amide bonds. The molecule has 0 heterocycles. The molecule has 2 unspecified atom stereocenters. The van der Waals surface area contributed by atoms with E-state index in [9.17, 15) is 4.79 Å². The van der Waals surface area contributed by atoms with E-state index in [-0.39, 0.29) is 5.91 Å². The molecular formula is C14H24N2OS2. The van der Waals surface area contributed by atoms with E-state index in [0.717, 1.165) is 32.1 Å². The number of hydrogen-bond donors (Lipinski definition) is 2. The van der Waals surface area contributed by atoms with Gasteiger partial charge in [-0.15, -0.1) is 0 Å². The zero-order valence-corrected chi connectivity index (χ0v) is 13.2. The Bertz CT molecular complexity index is 353. The smallest absolute Gasteiger partial charge is 0.233 e. The third-order valence-corrected chi connectivity index (χ3v) is 6.25. The first kappa shape index (κ1) is 15.1. The van der Waals surface area contributed by atoms with Gasteiger partial charge in [0, 0.05) is 11.3 Å². The lowest BCUT2D eigenvalue weighted by atomic mass is 9.84. The summed E-state index contributed by atoms with van der Waals surface area (Å²) in [6.45, 7) is 0. The maximum Gasteiger partial charge on any atom is 0.233 e. The first-order valence-corrected chi connectivity index (χ1v) is 8.93. The Hall–Kier alpha value is -0.290. The van der Waals surface area contributed by atoms with E-state index in [1.807, 2.05) is 11.8 Å². The van der Waals surface area contributed by atoms with E-state index in [1.165, 1.54) is 19.3 Å². The third-order valence-electron chi connectivity index (χ3n) is 4.69. The Balaban J connectivity index is 2.04. The SMILES string of the molecule is CSC1CCCCC1NC(=O)C1(C(N)=S)CCCC1. The van der Waals surface area contributed by atoms with Crippen molar-refractivity contribution >= 4 is 34.9 Å². The summed E-state index contributed by atoms with van der Waals surface area (Å²) in [6.07, 6.45) is 10.7. The summed E-state index contributed by atoms with van der Waals surface area (Å²) in [5, 5.41) is 3.80. The van der Waals surface area contributed by atoms with Crippen LogP contribution >= 0.6 is 24.0 Å². The van der Waals surface area contributed by atoms with Crippen LogP contribution in [0, 0.1) is 5.41 Å². The minimum Gasteiger partial charge on any atom is -0.392 e. The number of thiocarbonyl (C=S) groups is 1. The lowest BCUT2D eigenvalue weighted by Crippen LogP contribution is -2.53. The van der Waals surface area contributed by atoms with Crippen LogP contribution in [0.5, 0.6) is 0 Å². The van der Waals surface area contributed by atoms with Crippen molar-refractivity contribution in [3.8, 4) is 0 Å². The predicted molar refractivity (Wildman–Crippen MR) is 85.4 cm³/mol. The molecule has 0 saturated heterocycles. The van der Waals surface area contributed by atoms with Crippen LogP contribution in [0.25, 0.3) is 0 Å². The van der Waals surface area contributed by atoms with Crippen LogP contribution in [0.1, 0.15) is 51.4 Å². The normalized spacial score (nSPS) is 29.9. The molecule has 0 spiro atoms. The van der Waals surface area contributed by atoms with Crippen molar-refractivity contribution in [1.82, 2.24) is 5.32 Å². The molecule has 0 aromatic carbocycles. The third kappa shape index (κ3) is 3.07. The van der Waals surface area contributed by atoms with E-state index in [2.05, 4.69) is 11.6 Å². The quantitative estimate of drug-likeness (QED) is 0.784. The summed E-state index contributed by atoms with van der Waals surface area (Å²) in [4.78, 5) is 13.0. The van der Waals surface area contributed by atoms with Crippen LogP contribution < -0.4 is 11.1 Å². The van der Waals surface area contributed by atoms with Gasteiger partial charge in [-0.05, 0) is 31.9 Å². The molecule has 2 rings (SSSR count). The molecule has 2 aliphatic carbocycles. The second kappa shape index (κ2) is 6.44. The summed E-state index contributed by atoms with van der Waals surface area (Å²) < 4.78 is 0. The van der Waals surface area contributed by atoms with Crippen molar-refractivity contribution in [2.75, 3.05) is 6.26 Å². The Morgan fingerprint density at radius 1 is 1.26 bits per heavy atom. The average Bonchev–Trinajstić information content (AvgIpc) is 2.90. The molecule has 0 aliphatic heterocycles. The summed E-state index contributed by atoms with van der Waals surface area (Å²) in [5.74, 6) is 0.0865. The maximum absolute atomic E-state index is 12.7. The zero-order chi connectivity index (χ0) is 13.9. The van der Waals surface area contributed by atoms with Crippen LogP contribution in [0.4, 0.5) is 0 Å². The number of carbonyl (C=O) groups is 1. The van der Waals surface area contributed by atoms with Gasteiger partial charge in [-0.3, -0.25) is 4.79 Å². The largest absolute Gasteiger partial charge is 0.392 e. The van der Waals surface area contributed by atoms with Gasteiger partial charge in [0.05, 0.1) is 10.4 Å². The highest BCUT2D eigenvalue weighted by molar-refractivity contribution is 7.99. The van der Waals surface area contributed by atoms with E-state index in [1.54, 1.807) is 0 Å². The Morgan fingerprint density at radius 3 is 2.47 bits per heavy atom. The van der Waals surface area contributed by atoms with Gasteiger partial charge in [0.15, 0.2) is 0 Å². The molecule has 3 nitrogen and oxygen atoms in total. The topological polar surface area (TPSA) is 55.1 Å². The van der Waals surface area contributed by atoms with Gasteiger partial charge in [-0.1, -0.05) is 37.9 Å². The number of nitrogens with two attached hydrogens (primary N) is 1. The maximum atomic E-state index is 12.7. The van der Waals surface area contributed by atoms with Crippen LogP contribution in [-0.2, 0) is 4.79 Å². The molecule has 3 N–H and O–H groups in total. The minimum atomic E-state index is -0.560. The van der Waals surface area contributed by atoms with Gasteiger partial charge in [-0.2, -0.15) is 11.8 Å². The highest BCUT2D eigenvalue weighted by atomic mass is 32.2. The molecule has 0 radical (unpaired) electrons. The Kier molecular flexibility index (Phi) is 5.12. The molecule has 108 valence electrons. The molecule has 0 aromatic heterocycles. The fourth-order valence-corrected chi connectivity index (χ4v) is 4.65. The van der Waals surface area contributed by atoms with E-state index in [0.29, 0.717) is 16.3 Å². The van der Waals surface area contributed by atoms with Crippen molar-refractivity contribution in [2.24, 2.45) is 11.1 Å². The van der Waals surface area contributed by atoms with Gasteiger partial charge in [-0.25, -0.2) is 0 Å². The number of hydrogen-bond acceptors (Lipinski definition) is 3. The average molecular weight is 300 g/mol. The number of rotatable bonds is 4. The minimum absolute atomic E-state index is 0.0865. The molecule has 0 aromatic rings. The monoisotopic (exact) mass is 300 g/mol. The molecule has 2 atom stereocenters. The van der Waals surface area contributed by atoms with Crippen molar-refractivity contribution in [2.45, 2.75) is 62.7 Å². The van der Waals surface area contributed by atoms with Crippen LogP contribution in [0.15, 0.2) is 0 Å². The highest BCUT2D eigenvalue weighted by Gasteiger charge is 2.45. The van der Waals surface area contributed by atoms with Crippen molar-refractivity contribution in [3.05, 3.63) is 0 Å². The molecule has 5 heteroatoms. The highest BCUT2D eigenvalue weighted by Crippen LogP contribution is 2.39. The molecular weight excluding hydrogens is 276 g/mol. The number of nitrogens with one attached hydrogen (secondary N) is 1. The molecule has 2 fully saturated rings. The first-order chi connectivity index (χ1) is 9.10. The van der Waals surface area contributed by atoms with Crippen molar-refractivity contribution in [3.63, 3.8) is 0 Å².